The van der Waals surface area contributed by atoms with Crippen molar-refractivity contribution in [1.82, 2.24) is 19.4 Å². The molecule has 1 N–H and O–H groups in total. The van der Waals surface area contributed by atoms with Crippen molar-refractivity contribution in [3.8, 4) is 16.9 Å². The van der Waals surface area contributed by atoms with Crippen LogP contribution in [0.3, 0.4) is 0 Å². The van der Waals surface area contributed by atoms with Gasteiger partial charge in [0.1, 0.15) is 12.4 Å². The first-order valence-corrected chi connectivity index (χ1v) is 13.7. The molecule has 0 saturated carbocycles. The van der Waals surface area contributed by atoms with Gasteiger partial charge in [0, 0.05) is 43.5 Å². The first kappa shape index (κ1) is 28.2. The van der Waals surface area contributed by atoms with Crippen LogP contribution in [0, 0.1) is 19.7 Å². The summed E-state index contributed by atoms with van der Waals surface area (Å²) in [6, 6.07) is 21.8. The fourth-order valence-corrected chi connectivity index (χ4v) is 4.70. The molecule has 0 aliphatic carbocycles. The number of nitrogens with zero attached hydrogens (tertiary/aromatic N) is 4. The highest BCUT2D eigenvalue weighted by atomic mass is 19.1. The van der Waals surface area contributed by atoms with Crippen molar-refractivity contribution in [2.75, 3.05) is 51.3 Å². The van der Waals surface area contributed by atoms with Gasteiger partial charge in [-0.25, -0.2) is 9.37 Å². The molecule has 212 valence electrons. The highest BCUT2D eigenvalue weighted by Crippen LogP contribution is 2.25. The molecule has 2 amide bonds. The van der Waals surface area contributed by atoms with Crippen LogP contribution < -0.4 is 5.32 Å². The van der Waals surface area contributed by atoms with Crippen molar-refractivity contribution in [3.05, 3.63) is 102 Å². The lowest BCUT2D eigenvalue weighted by atomic mass is 10.1. The SMILES string of the molecule is Cc1ccc(C(=O)N(CCN2CCOCC2)CC(=O)Nc2nc(-c3ccccc3)cn2-c2ccc(C)c(F)c2)cc1. The van der Waals surface area contributed by atoms with E-state index in [1.807, 2.05) is 49.4 Å². The number of nitrogens with one attached hydrogen (secondary N) is 1. The Bertz CT molecular complexity index is 1500. The summed E-state index contributed by atoms with van der Waals surface area (Å²) in [5.74, 6) is -0.727. The van der Waals surface area contributed by atoms with Gasteiger partial charge in [-0.15, -0.1) is 0 Å². The number of halogens is 1. The zero-order valence-corrected chi connectivity index (χ0v) is 23.3. The third-order valence-corrected chi connectivity index (χ3v) is 7.17. The van der Waals surface area contributed by atoms with Gasteiger partial charge in [0.25, 0.3) is 5.91 Å². The largest absolute Gasteiger partial charge is 0.379 e. The summed E-state index contributed by atoms with van der Waals surface area (Å²) < 4.78 is 21.6. The second-order valence-corrected chi connectivity index (χ2v) is 10.2. The number of anilines is 1. The number of carbonyl (C=O) groups excluding carboxylic acids is 2. The van der Waals surface area contributed by atoms with Gasteiger partial charge in [-0.05, 0) is 43.7 Å². The zero-order valence-electron chi connectivity index (χ0n) is 23.3. The number of aryl methyl sites for hydroxylation is 2. The highest BCUT2D eigenvalue weighted by molar-refractivity contribution is 5.99. The topological polar surface area (TPSA) is 79.7 Å². The average Bonchev–Trinajstić information content (AvgIpc) is 3.41. The molecule has 3 aromatic carbocycles. The average molecular weight is 556 g/mol. The Morgan fingerprint density at radius 3 is 2.44 bits per heavy atom. The molecule has 1 aliphatic rings. The Kier molecular flexibility index (Phi) is 8.86. The van der Waals surface area contributed by atoms with Crippen LogP contribution in [0.2, 0.25) is 0 Å². The second-order valence-electron chi connectivity index (χ2n) is 10.2. The van der Waals surface area contributed by atoms with Crippen molar-refractivity contribution in [2.24, 2.45) is 0 Å². The van der Waals surface area contributed by atoms with Crippen molar-refractivity contribution in [3.63, 3.8) is 0 Å². The highest BCUT2D eigenvalue weighted by Gasteiger charge is 2.22. The van der Waals surface area contributed by atoms with Crippen LogP contribution in [0.25, 0.3) is 16.9 Å². The number of amides is 2. The van der Waals surface area contributed by atoms with Gasteiger partial charge in [0.05, 0.1) is 24.6 Å². The van der Waals surface area contributed by atoms with Crippen molar-refractivity contribution >= 4 is 17.8 Å². The number of morpholine rings is 1. The number of carbonyl (C=O) groups is 2. The third kappa shape index (κ3) is 7.06. The smallest absolute Gasteiger partial charge is 0.254 e. The normalized spacial score (nSPS) is 13.6. The number of aromatic nitrogens is 2. The van der Waals surface area contributed by atoms with E-state index in [1.165, 1.54) is 6.07 Å². The number of benzene rings is 3. The first-order chi connectivity index (χ1) is 19.9. The third-order valence-electron chi connectivity index (χ3n) is 7.17. The maximum absolute atomic E-state index is 14.5. The van der Waals surface area contributed by atoms with E-state index in [1.54, 1.807) is 46.9 Å². The van der Waals surface area contributed by atoms with Crippen molar-refractivity contribution in [1.29, 1.82) is 0 Å². The van der Waals surface area contributed by atoms with E-state index >= 15 is 0 Å². The second kappa shape index (κ2) is 12.9. The predicted molar refractivity (Wildman–Crippen MR) is 157 cm³/mol. The molecule has 8 nitrogen and oxygen atoms in total. The number of hydrogen-bond donors (Lipinski definition) is 1. The van der Waals surface area contributed by atoms with Crippen molar-refractivity contribution < 1.29 is 18.7 Å². The van der Waals surface area contributed by atoms with Gasteiger partial charge in [-0.1, -0.05) is 54.1 Å². The Balaban J connectivity index is 1.39. The van der Waals surface area contributed by atoms with E-state index in [0.717, 1.165) is 24.2 Å². The number of ether oxygens (including phenoxy) is 1. The molecule has 0 bridgehead atoms. The molecule has 5 rings (SSSR count). The summed E-state index contributed by atoms with van der Waals surface area (Å²) in [4.78, 5) is 35.4. The summed E-state index contributed by atoms with van der Waals surface area (Å²) in [6.07, 6.45) is 1.77. The molecule has 1 aliphatic heterocycles. The molecule has 41 heavy (non-hydrogen) atoms. The summed E-state index contributed by atoms with van der Waals surface area (Å²) in [5, 5.41) is 2.88. The maximum atomic E-state index is 14.5. The Morgan fingerprint density at radius 1 is 1.00 bits per heavy atom. The molecule has 1 aromatic heterocycles. The van der Waals surface area contributed by atoms with Crippen molar-refractivity contribution in [2.45, 2.75) is 13.8 Å². The minimum absolute atomic E-state index is 0.160. The lowest BCUT2D eigenvalue weighted by Gasteiger charge is -2.30. The van der Waals surface area contributed by atoms with E-state index in [2.05, 4.69) is 15.2 Å². The Hall–Kier alpha value is -4.34. The van der Waals surface area contributed by atoms with Crippen LogP contribution in [0.1, 0.15) is 21.5 Å². The predicted octanol–water partition coefficient (Wildman–Crippen LogP) is 4.71. The molecule has 1 fully saturated rings. The Morgan fingerprint density at radius 2 is 1.73 bits per heavy atom. The van der Waals surface area contributed by atoms with Crippen LogP contribution in [-0.2, 0) is 9.53 Å². The lowest BCUT2D eigenvalue weighted by molar-refractivity contribution is -0.117. The molecule has 0 spiro atoms. The van der Waals surface area contributed by atoms with Crippen LogP contribution >= 0.6 is 0 Å². The molecule has 0 unspecified atom stereocenters. The number of rotatable bonds is 9. The van der Waals surface area contributed by atoms with Gasteiger partial charge >= 0.3 is 0 Å². The van der Waals surface area contributed by atoms with Gasteiger partial charge < -0.3 is 9.64 Å². The van der Waals surface area contributed by atoms with E-state index < -0.39 is 5.91 Å². The molecule has 1 saturated heterocycles. The van der Waals surface area contributed by atoms with E-state index in [-0.39, 0.29) is 24.2 Å². The van der Waals surface area contributed by atoms with Gasteiger partial charge in [0.2, 0.25) is 11.9 Å². The van der Waals surface area contributed by atoms with Gasteiger partial charge in [0.15, 0.2) is 0 Å². The molecular weight excluding hydrogens is 521 g/mol. The van der Waals surface area contributed by atoms with E-state index in [0.29, 0.717) is 48.8 Å². The molecular formula is C32H34FN5O3. The summed E-state index contributed by atoms with van der Waals surface area (Å²) >= 11 is 0. The van der Waals surface area contributed by atoms with E-state index in [9.17, 15) is 14.0 Å². The molecule has 0 radical (unpaired) electrons. The zero-order chi connectivity index (χ0) is 28.8. The number of imidazole rings is 1. The maximum Gasteiger partial charge on any atom is 0.254 e. The van der Waals surface area contributed by atoms with Crippen LogP contribution in [0.4, 0.5) is 10.3 Å². The molecule has 2 heterocycles. The fourth-order valence-electron chi connectivity index (χ4n) is 4.70. The number of hydrogen-bond acceptors (Lipinski definition) is 5. The van der Waals surface area contributed by atoms with Crippen LogP contribution in [0.15, 0.2) is 79.0 Å². The minimum atomic E-state index is -0.397. The quantitative estimate of drug-likeness (QED) is 0.324. The minimum Gasteiger partial charge on any atom is -0.379 e. The van der Waals surface area contributed by atoms with E-state index in [4.69, 9.17) is 4.74 Å². The molecule has 4 aromatic rings. The summed E-state index contributed by atoms with van der Waals surface area (Å²) in [5.41, 5.74) is 4.10. The van der Waals surface area contributed by atoms with Gasteiger partial charge in [-0.3, -0.25) is 24.4 Å². The summed E-state index contributed by atoms with van der Waals surface area (Å²) in [6.45, 7) is 7.38. The summed E-state index contributed by atoms with van der Waals surface area (Å²) in [7, 11) is 0. The standard InChI is InChI=1S/C32H34FN5O3/c1-23-8-11-26(12-9-23)31(40)37(15-14-36-16-18-41-19-17-36)22-30(39)35-32-34-29(25-6-4-3-5-7-25)21-38(32)27-13-10-24(2)28(33)20-27/h3-13,20-21H,14-19,22H2,1-2H3,(H,34,35,39). The lowest BCUT2D eigenvalue weighted by Crippen LogP contribution is -2.45. The van der Waals surface area contributed by atoms with Gasteiger partial charge in [-0.2, -0.15) is 0 Å². The Labute approximate surface area is 239 Å². The fraction of sp³-hybridized carbons (Fsp3) is 0.281. The monoisotopic (exact) mass is 555 g/mol. The first-order valence-electron chi connectivity index (χ1n) is 13.7. The molecule has 0 atom stereocenters. The molecule has 9 heteroatoms. The van der Waals surface area contributed by atoms with Crippen LogP contribution in [-0.4, -0.2) is 77.1 Å². The van der Waals surface area contributed by atoms with Crippen LogP contribution in [0.5, 0.6) is 0 Å².